The molecule has 1 heterocycles. The minimum absolute atomic E-state index is 0.160. The number of amides is 2. The SMILES string of the molecule is CCOC(=O)CNC(=O)N[C@@H](C)c1cnc(N(C)C2CCCCC2)nc1C. The van der Waals surface area contributed by atoms with E-state index < -0.39 is 12.0 Å². The number of anilines is 1. The van der Waals surface area contributed by atoms with Crippen LogP contribution in [0.25, 0.3) is 0 Å². The predicted molar refractivity (Wildman–Crippen MR) is 104 cm³/mol. The van der Waals surface area contributed by atoms with Crippen LogP contribution in [0, 0.1) is 6.92 Å². The van der Waals surface area contributed by atoms with Crippen molar-refractivity contribution in [3.8, 4) is 0 Å². The van der Waals surface area contributed by atoms with E-state index in [1.165, 1.54) is 32.1 Å². The molecule has 150 valence electrons. The Labute approximate surface area is 161 Å². The van der Waals surface area contributed by atoms with E-state index in [4.69, 9.17) is 4.74 Å². The van der Waals surface area contributed by atoms with Gasteiger partial charge in [0.2, 0.25) is 5.95 Å². The van der Waals surface area contributed by atoms with E-state index in [1.54, 1.807) is 13.1 Å². The maximum Gasteiger partial charge on any atom is 0.325 e. The second-order valence-corrected chi connectivity index (χ2v) is 6.97. The molecule has 2 N–H and O–H groups in total. The monoisotopic (exact) mass is 377 g/mol. The summed E-state index contributed by atoms with van der Waals surface area (Å²) in [7, 11) is 2.05. The third kappa shape index (κ3) is 6.08. The van der Waals surface area contributed by atoms with Crippen LogP contribution in [0.2, 0.25) is 0 Å². The molecule has 1 aromatic heterocycles. The lowest BCUT2D eigenvalue weighted by Crippen LogP contribution is -2.40. The molecule has 0 saturated heterocycles. The molecule has 1 aromatic rings. The van der Waals surface area contributed by atoms with E-state index >= 15 is 0 Å². The molecule has 0 aromatic carbocycles. The number of hydrogen-bond donors (Lipinski definition) is 2. The quantitative estimate of drug-likeness (QED) is 0.709. The van der Waals surface area contributed by atoms with Crippen molar-refractivity contribution < 1.29 is 14.3 Å². The molecule has 1 aliphatic carbocycles. The standard InChI is InChI=1S/C19H31N5O3/c1-5-27-17(25)12-21-19(26)23-14(3)16-11-20-18(22-13(16)2)24(4)15-9-7-6-8-10-15/h11,14-15H,5-10,12H2,1-4H3,(H2,21,23,26)/t14-/m0/s1. The summed E-state index contributed by atoms with van der Waals surface area (Å²) in [6.45, 7) is 5.63. The van der Waals surface area contributed by atoms with Gasteiger partial charge in [-0.2, -0.15) is 0 Å². The highest BCUT2D eigenvalue weighted by molar-refractivity contribution is 5.80. The Morgan fingerprint density at radius 3 is 2.67 bits per heavy atom. The average Bonchev–Trinajstić information content (AvgIpc) is 2.66. The van der Waals surface area contributed by atoms with Crippen LogP contribution in [0.5, 0.6) is 0 Å². The van der Waals surface area contributed by atoms with Gasteiger partial charge in [-0.15, -0.1) is 0 Å². The molecule has 1 atom stereocenters. The fourth-order valence-corrected chi connectivity index (χ4v) is 3.38. The molecule has 27 heavy (non-hydrogen) atoms. The van der Waals surface area contributed by atoms with Gasteiger partial charge >= 0.3 is 12.0 Å². The highest BCUT2D eigenvalue weighted by atomic mass is 16.5. The second kappa shape index (κ2) is 10.1. The highest BCUT2D eigenvalue weighted by Gasteiger charge is 2.21. The van der Waals surface area contributed by atoms with Crippen LogP contribution >= 0.6 is 0 Å². The van der Waals surface area contributed by atoms with Crippen molar-refractivity contribution in [1.82, 2.24) is 20.6 Å². The Balaban J connectivity index is 1.93. The fraction of sp³-hybridized carbons (Fsp3) is 0.684. The number of carbonyl (C=O) groups is 2. The maximum atomic E-state index is 11.9. The minimum atomic E-state index is -0.463. The van der Waals surface area contributed by atoms with Gasteiger partial charge in [0, 0.05) is 30.5 Å². The van der Waals surface area contributed by atoms with Crippen molar-refractivity contribution in [2.75, 3.05) is 25.1 Å². The lowest BCUT2D eigenvalue weighted by Gasteiger charge is -2.31. The molecule has 2 amide bonds. The van der Waals surface area contributed by atoms with Gasteiger partial charge in [0.05, 0.1) is 12.6 Å². The van der Waals surface area contributed by atoms with Crippen LogP contribution in [-0.2, 0) is 9.53 Å². The molecule has 0 unspecified atom stereocenters. The lowest BCUT2D eigenvalue weighted by atomic mass is 9.95. The van der Waals surface area contributed by atoms with Gasteiger partial charge < -0.3 is 20.3 Å². The third-order valence-corrected chi connectivity index (χ3v) is 4.96. The molecule has 8 heteroatoms. The number of aryl methyl sites for hydroxylation is 1. The van der Waals surface area contributed by atoms with Gasteiger partial charge in [-0.25, -0.2) is 14.8 Å². The van der Waals surface area contributed by atoms with Crippen LogP contribution in [0.3, 0.4) is 0 Å². The normalized spacial score (nSPS) is 15.7. The van der Waals surface area contributed by atoms with Gasteiger partial charge in [-0.1, -0.05) is 19.3 Å². The number of nitrogens with one attached hydrogen (secondary N) is 2. The summed E-state index contributed by atoms with van der Waals surface area (Å²) < 4.78 is 4.78. The van der Waals surface area contributed by atoms with Crippen LogP contribution in [0.4, 0.5) is 10.7 Å². The molecule has 1 saturated carbocycles. The Morgan fingerprint density at radius 1 is 1.33 bits per heavy atom. The van der Waals surface area contributed by atoms with Gasteiger partial charge in [0.1, 0.15) is 6.54 Å². The largest absolute Gasteiger partial charge is 0.465 e. The molecule has 1 aliphatic rings. The van der Waals surface area contributed by atoms with Gasteiger partial charge in [0.25, 0.3) is 0 Å². The summed E-state index contributed by atoms with van der Waals surface area (Å²) in [4.78, 5) is 34.6. The Kier molecular flexibility index (Phi) is 7.82. The number of carbonyl (C=O) groups excluding carboxylic acids is 2. The summed E-state index contributed by atoms with van der Waals surface area (Å²) in [6, 6.07) is -0.215. The average molecular weight is 377 g/mol. The lowest BCUT2D eigenvalue weighted by molar-refractivity contribution is -0.141. The van der Waals surface area contributed by atoms with Crippen LogP contribution < -0.4 is 15.5 Å². The first-order valence-corrected chi connectivity index (χ1v) is 9.68. The number of nitrogens with zero attached hydrogens (tertiary/aromatic N) is 3. The van der Waals surface area contributed by atoms with E-state index in [0.717, 1.165) is 17.2 Å². The van der Waals surface area contributed by atoms with E-state index in [1.807, 2.05) is 13.8 Å². The van der Waals surface area contributed by atoms with Crippen molar-refractivity contribution in [2.45, 2.75) is 65.0 Å². The molecule has 0 bridgehead atoms. The Bertz CT molecular complexity index is 646. The third-order valence-electron chi connectivity index (χ3n) is 4.96. The van der Waals surface area contributed by atoms with Crippen molar-refractivity contribution >= 4 is 17.9 Å². The first kappa shape index (κ1) is 20.9. The molecule has 0 radical (unpaired) electrons. The van der Waals surface area contributed by atoms with E-state index in [-0.39, 0.29) is 19.2 Å². The summed E-state index contributed by atoms with van der Waals surface area (Å²) in [5, 5.41) is 5.28. The summed E-state index contributed by atoms with van der Waals surface area (Å²) >= 11 is 0. The van der Waals surface area contributed by atoms with Gasteiger partial charge in [-0.05, 0) is 33.6 Å². The van der Waals surface area contributed by atoms with E-state index in [0.29, 0.717) is 6.04 Å². The predicted octanol–water partition coefficient (Wildman–Crippen LogP) is 2.48. The number of hydrogen-bond acceptors (Lipinski definition) is 6. The van der Waals surface area contributed by atoms with Crippen molar-refractivity contribution in [3.63, 3.8) is 0 Å². The molecule has 0 spiro atoms. The number of aromatic nitrogens is 2. The zero-order valence-corrected chi connectivity index (χ0v) is 16.7. The van der Waals surface area contributed by atoms with Crippen LogP contribution in [0.15, 0.2) is 6.20 Å². The van der Waals surface area contributed by atoms with E-state index in [9.17, 15) is 9.59 Å². The summed E-state index contributed by atoms with van der Waals surface area (Å²) in [6.07, 6.45) is 7.96. The maximum absolute atomic E-state index is 11.9. The molecular formula is C19H31N5O3. The topological polar surface area (TPSA) is 96.4 Å². The number of esters is 1. The van der Waals surface area contributed by atoms with Crippen molar-refractivity contribution in [3.05, 3.63) is 17.5 Å². The van der Waals surface area contributed by atoms with Crippen molar-refractivity contribution in [1.29, 1.82) is 0 Å². The summed E-state index contributed by atoms with van der Waals surface area (Å²) in [5.74, 6) is 0.261. The molecular weight excluding hydrogens is 346 g/mol. The number of urea groups is 1. The Hall–Kier alpha value is -2.38. The smallest absolute Gasteiger partial charge is 0.325 e. The minimum Gasteiger partial charge on any atom is -0.465 e. The van der Waals surface area contributed by atoms with Crippen molar-refractivity contribution in [2.24, 2.45) is 0 Å². The van der Waals surface area contributed by atoms with Crippen LogP contribution in [-0.4, -0.2) is 48.2 Å². The first-order chi connectivity index (χ1) is 12.9. The Morgan fingerprint density at radius 2 is 2.04 bits per heavy atom. The summed E-state index contributed by atoms with van der Waals surface area (Å²) in [5.41, 5.74) is 1.68. The van der Waals surface area contributed by atoms with E-state index in [2.05, 4.69) is 32.5 Å². The number of ether oxygens (including phenoxy) is 1. The van der Waals surface area contributed by atoms with Crippen LogP contribution in [0.1, 0.15) is 63.3 Å². The first-order valence-electron chi connectivity index (χ1n) is 9.68. The number of rotatable bonds is 7. The van der Waals surface area contributed by atoms with Gasteiger partial charge in [-0.3, -0.25) is 4.79 Å². The molecule has 8 nitrogen and oxygen atoms in total. The molecule has 1 fully saturated rings. The molecule has 0 aliphatic heterocycles. The molecule has 2 rings (SSSR count). The fourth-order valence-electron chi connectivity index (χ4n) is 3.38. The second-order valence-electron chi connectivity index (χ2n) is 6.97. The highest BCUT2D eigenvalue weighted by Crippen LogP contribution is 2.25. The van der Waals surface area contributed by atoms with Gasteiger partial charge in [0.15, 0.2) is 0 Å². The zero-order valence-electron chi connectivity index (χ0n) is 16.7. The zero-order chi connectivity index (χ0) is 19.8.